The van der Waals surface area contributed by atoms with Crippen molar-refractivity contribution < 1.29 is 28.2 Å². The first-order chi connectivity index (χ1) is 15.3. The molecule has 2 fully saturated rings. The maximum absolute atomic E-state index is 13.2. The Labute approximate surface area is 185 Å². The van der Waals surface area contributed by atoms with Crippen molar-refractivity contribution in [1.82, 2.24) is 16.1 Å². The Bertz CT molecular complexity index is 831. The van der Waals surface area contributed by atoms with Crippen molar-refractivity contribution in [2.45, 2.75) is 45.1 Å². The average molecular weight is 453 g/mol. The second-order valence-electron chi connectivity index (χ2n) is 8.59. The summed E-state index contributed by atoms with van der Waals surface area (Å²) in [5, 5.41) is 18.5. The van der Waals surface area contributed by atoms with E-state index < -0.39 is 23.6 Å². The predicted molar refractivity (Wildman–Crippen MR) is 114 cm³/mol. The minimum atomic E-state index is -0.727. The number of nitrogens with zero attached hydrogens (tertiary/aromatic N) is 1. The van der Waals surface area contributed by atoms with Gasteiger partial charge in [-0.1, -0.05) is 0 Å². The van der Waals surface area contributed by atoms with Crippen molar-refractivity contribution in [2.24, 2.45) is 22.9 Å². The van der Waals surface area contributed by atoms with Crippen LogP contribution in [0, 0.1) is 29.4 Å². The SMILES string of the molecule is C/C(=N\NC[C@@H]1CC[C@H](OC(=O)NC[C@H]2C[C@@H]2CO)C1)NC(=O)Cc1cc(F)cc(F)c1. The van der Waals surface area contributed by atoms with Gasteiger partial charge in [-0.15, -0.1) is 0 Å². The Morgan fingerprint density at radius 2 is 1.88 bits per heavy atom. The van der Waals surface area contributed by atoms with E-state index in [0.717, 1.165) is 43.9 Å². The van der Waals surface area contributed by atoms with Crippen LogP contribution in [0.4, 0.5) is 13.6 Å². The molecule has 8 nitrogen and oxygen atoms in total. The van der Waals surface area contributed by atoms with Crippen molar-refractivity contribution in [3.8, 4) is 0 Å². The first kappa shape index (κ1) is 23.9. The molecule has 2 aliphatic carbocycles. The lowest BCUT2D eigenvalue weighted by molar-refractivity contribution is -0.119. The minimum absolute atomic E-state index is 0.133. The molecule has 0 spiro atoms. The van der Waals surface area contributed by atoms with Gasteiger partial charge in [-0.05, 0) is 68.1 Å². The summed E-state index contributed by atoms with van der Waals surface area (Å²) in [6, 6.07) is 2.98. The van der Waals surface area contributed by atoms with E-state index in [9.17, 15) is 18.4 Å². The number of aliphatic hydroxyl groups is 1. The number of carbonyl (C=O) groups excluding carboxylic acids is 2. The number of amidine groups is 1. The van der Waals surface area contributed by atoms with Crippen LogP contribution in [-0.2, 0) is 16.0 Å². The number of aliphatic hydroxyl groups excluding tert-OH is 1. The predicted octanol–water partition coefficient (Wildman–Crippen LogP) is 2.07. The molecule has 2 amide bonds. The van der Waals surface area contributed by atoms with Crippen molar-refractivity contribution in [3.05, 3.63) is 35.4 Å². The van der Waals surface area contributed by atoms with Crippen LogP contribution >= 0.6 is 0 Å². The number of ether oxygens (including phenoxy) is 1. The van der Waals surface area contributed by atoms with Gasteiger partial charge in [0.25, 0.3) is 0 Å². The zero-order valence-corrected chi connectivity index (χ0v) is 18.1. The Kier molecular flexibility index (Phi) is 8.38. The van der Waals surface area contributed by atoms with E-state index in [4.69, 9.17) is 9.84 Å². The summed E-state index contributed by atoms with van der Waals surface area (Å²) in [5.74, 6) is -0.588. The first-order valence-electron chi connectivity index (χ1n) is 10.9. The zero-order chi connectivity index (χ0) is 23.1. The van der Waals surface area contributed by atoms with E-state index in [1.807, 2.05) is 0 Å². The van der Waals surface area contributed by atoms with Gasteiger partial charge >= 0.3 is 6.09 Å². The van der Waals surface area contributed by atoms with Gasteiger partial charge in [0.05, 0.1) is 6.42 Å². The smallest absolute Gasteiger partial charge is 0.407 e. The third-order valence-corrected chi connectivity index (χ3v) is 5.81. The fourth-order valence-corrected chi connectivity index (χ4v) is 3.98. The van der Waals surface area contributed by atoms with E-state index in [0.29, 0.717) is 30.8 Å². The molecule has 32 heavy (non-hydrogen) atoms. The maximum atomic E-state index is 13.2. The van der Waals surface area contributed by atoms with Gasteiger partial charge in [-0.3, -0.25) is 4.79 Å². The number of rotatable bonds is 9. The Hall–Kier alpha value is -2.75. The van der Waals surface area contributed by atoms with Crippen LogP contribution in [0.25, 0.3) is 0 Å². The average Bonchev–Trinajstić information content (AvgIpc) is 3.34. The fourth-order valence-electron chi connectivity index (χ4n) is 3.98. The number of halogens is 2. The number of alkyl carbamates (subject to hydrolysis) is 1. The van der Waals surface area contributed by atoms with Gasteiger partial charge in [0, 0.05) is 25.8 Å². The summed E-state index contributed by atoms with van der Waals surface area (Å²) in [5.41, 5.74) is 3.16. The van der Waals surface area contributed by atoms with Crippen LogP contribution in [-0.4, -0.2) is 48.7 Å². The highest BCUT2D eigenvalue weighted by Gasteiger charge is 2.36. The topological polar surface area (TPSA) is 112 Å². The molecule has 1 aromatic rings. The van der Waals surface area contributed by atoms with E-state index in [-0.39, 0.29) is 30.6 Å². The van der Waals surface area contributed by atoms with E-state index in [1.165, 1.54) is 0 Å². The molecule has 0 saturated heterocycles. The molecule has 2 saturated carbocycles. The number of nitrogens with one attached hydrogen (secondary N) is 3. The second-order valence-corrected chi connectivity index (χ2v) is 8.59. The molecule has 0 heterocycles. The molecule has 0 aromatic heterocycles. The normalized spacial score (nSPS) is 24.7. The minimum Gasteiger partial charge on any atom is -0.446 e. The van der Waals surface area contributed by atoms with Crippen LogP contribution in [0.15, 0.2) is 23.3 Å². The van der Waals surface area contributed by atoms with Crippen LogP contribution in [0.1, 0.15) is 38.2 Å². The number of carbonyl (C=O) groups is 2. The fraction of sp³-hybridized carbons (Fsp3) is 0.591. The van der Waals surface area contributed by atoms with Crippen molar-refractivity contribution >= 4 is 17.8 Å². The summed E-state index contributed by atoms with van der Waals surface area (Å²) in [6.45, 7) is 2.89. The number of benzene rings is 1. The quantitative estimate of drug-likeness (QED) is 0.260. The number of hydrazone groups is 1. The molecule has 2 aliphatic rings. The summed E-state index contributed by atoms with van der Waals surface area (Å²) >= 11 is 0. The highest BCUT2D eigenvalue weighted by Crippen LogP contribution is 2.37. The maximum Gasteiger partial charge on any atom is 0.407 e. The van der Waals surface area contributed by atoms with Gasteiger partial charge in [0.15, 0.2) is 0 Å². The van der Waals surface area contributed by atoms with Crippen LogP contribution < -0.4 is 16.1 Å². The van der Waals surface area contributed by atoms with E-state index >= 15 is 0 Å². The molecule has 0 bridgehead atoms. The lowest BCUT2D eigenvalue weighted by Gasteiger charge is -2.14. The van der Waals surface area contributed by atoms with Gasteiger partial charge in [0.1, 0.15) is 23.6 Å². The summed E-state index contributed by atoms with van der Waals surface area (Å²) in [4.78, 5) is 23.9. The molecule has 0 unspecified atom stereocenters. The van der Waals surface area contributed by atoms with Crippen molar-refractivity contribution in [1.29, 1.82) is 0 Å². The lowest BCUT2D eigenvalue weighted by atomic mass is 10.1. The Balaban J connectivity index is 1.30. The molecule has 4 N–H and O–H groups in total. The molecule has 0 aliphatic heterocycles. The van der Waals surface area contributed by atoms with Gasteiger partial charge in [0.2, 0.25) is 5.91 Å². The number of hydrogen-bond donors (Lipinski definition) is 4. The standard InChI is InChI=1S/C22H30F2N4O4/c1-13(27-21(30)7-15-4-18(23)9-19(24)5-15)28-26-10-14-2-3-20(6-14)32-22(31)25-11-16-8-17(16)12-29/h4-5,9,14,16-17,20,26,29H,2-3,6-8,10-12H2,1H3,(H,25,31)(H,27,28,30)/t14-,16-,17-,20+/m1/s1. The second kappa shape index (κ2) is 11.2. The van der Waals surface area contributed by atoms with Crippen molar-refractivity contribution in [2.75, 3.05) is 19.7 Å². The number of amides is 2. The molecule has 0 radical (unpaired) electrons. The zero-order valence-electron chi connectivity index (χ0n) is 18.1. The third-order valence-electron chi connectivity index (χ3n) is 5.81. The van der Waals surface area contributed by atoms with Crippen LogP contribution in [0.5, 0.6) is 0 Å². The molecule has 1 aromatic carbocycles. The molecule has 10 heteroatoms. The molecule has 4 atom stereocenters. The van der Waals surface area contributed by atoms with E-state index in [2.05, 4.69) is 21.2 Å². The van der Waals surface area contributed by atoms with E-state index in [1.54, 1.807) is 6.92 Å². The molecule has 3 rings (SSSR count). The van der Waals surface area contributed by atoms with Gasteiger partial charge < -0.3 is 25.9 Å². The van der Waals surface area contributed by atoms with Crippen LogP contribution in [0.2, 0.25) is 0 Å². The monoisotopic (exact) mass is 452 g/mol. The molecular formula is C22H30F2N4O4. The summed E-state index contributed by atoms with van der Waals surface area (Å²) in [6.07, 6.45) is 2.64. The summed E-state index contributed by atoms with van der Waals surface area (Å²) < 4.78 is 31.9. The highest BCUT2D eigenvalue weighted by molar-refractivity contribution is 5.97. The Morgan fingerprint density at radius 1 is 1.12 bits per heavy atom. The van der Waals surface area contributed by atoms with Gasteiger partial charge in [-0.25, -0.2) is 13.6 Å². The molecule has 176 valence electrons. The first-order valence-corrected chi connectivity index (χ1v) is 10.9. The lowest BCUT2D eigenvalue weighted by Crippen LogP contribution is -2.32. The Morgan fingerprint density at radius 3 is 2.56 bits per heavy atom. The summed E-state index contributed by atoms with van der Waals surface area (Å²) in [7, 11) is 0. The van der Waals surface area contributed by atoms with Crippen LogP contribution in [0.3, 0.4) is 0 Å². The van der Waals surface area contributed by atoms with Crippen molar-refractivity contribution in [3.63, 3.8) is 0 Å². The highest BCUT2D eigenvalue weighted by atomic mass is 19.1. The largest absolute Gasteiger partial charge is 0.446 e. The number of hydrogen-bond acceptors (Lipinski definition) is 6. The van der Waals surface area contributed by atoms with Gasteiger partial charge in [-0.2, -0.15) is 5.10 Å². The molecular weight excluding hydrogens is 422 g/mol. The third kappa shape index (κ3) is 7.74.